The SMILES string of the molecule is Cc1ccc(N(c2ccc(C(C)C)cc2)c2c3ccc(C(C)(C)C)cc3c(N(c3ccccc3)c3ccc(C(C)C)cc3)c3ccc(C(C)(C)C)cc23)cc1. The molecule has 0 atom stereocenters. The molecule has 7 aromatic rings. The summed E-state index contributed by atoms with van der Waals surface area (Å²) in [6.07, 6.45) is 0. The van der Waals surface area contributed by atoms with E-state index in [1.807, 2.05) is 0 Å². The van der Waals surface area contributed by atoms with Crippen molar-refractivity contribution >= 4 is 55.7 Å². The Balaban J connectivity index is 1.68. The lowest BCUT2D eigenvalue weighted by Crippen LogP contribution is -2.17. The molecule has 0 amide bonds. The molecule has 0 N–H and O–H groups in total. The summed E-state index contributed by atoms with van der Waals surface area (Å²) in [6.45, 7) is 25.1. The molecule has 0 aliphatic heterocycles. The van der Waals surface area contributed by atoms with Crippen LogP contribution in [-0.4, -0.2) is 0 Å². The second-order valence-electron chi connectivity index (χ2n) is 18.1. The fraction of sp³-hybridized carbons (Fsp3) is 0.283. The van der Waals surface area contributed by atoms with Gasteiger partial charge in [-0.2, -0.15) is 0 Å². The van der Waals surface area contributed by atoms with Crippen LogP contribution in [0.2, 0.25) is 0 Å². The van der Waals surface area contributed by atoms with E-state index in [2.05, 4.69) is 225 Å². The largest absolute Gasteiger partial charge is 0.309 e. The van der Waals surface area contributed by atoms with Crippen molar-refractivity contribution in [1.82, 2.24) is 0 Å². The van der Waals surface area contributed by atoms with Gasteiger partial charge in [-0.15, -0.1) is 0 Å². The minimum atomic E-state index is -0.0456. The zero-order valence-electron chi connectivity index (χ0n) is 34.8. The summed E-state index contributed by atoms with van der Waals surface area (Å²) < 4.78 is 0. The molecule has 0 radical (unpaired) electrons. The molecule has 7 rings (SSSR count). The number of hydrogen-bond donors (Lipinski definition) is 0. The van der Waals surface area contributed by atoms with Gasteiger partial charge in [0.15, 0.2) is 0 Å². The monoisotopic (exact) mass is 722 g/mol. The molecule has 7 aromatic carbocycles. The summed E-state index contributed by atoms with van der Waals surface area (Å²) >= 11 is 0. The third-order valence-electron chi connectivity index (χ3n) is 11.2. The van der Waals surface area contributed by atoms with Crippen LogP contribution >= 0.6 is 0 Å². The van der Waals surface area contributed by atoms with Gasteiger partial charge in [-0.3, -0.25) is 0 Å². The van der Waals surface area contributed by atoms with Crippen molar-refractivity contribution in [3.8, 4) is 0 Å². The fourth-order valence-electron chi connectivity index (χ4n) is 7.70. The Labute approximate surface area is 330 Å². The van der Waals surface area contributed by atoms with Crippen LogP contribution < -0.4 is 9.80 Å². The molecule has 0 bridgehead atoms. The first-order chi connectivity index (χ1) is 26.1. The summed E-state index contributed by atoms with van der Waals surface area (Å²) in [4.78, 5) is 5.00. The zero-order chi connectivity index (χ0) is 39.2. The molecule has 0 saturated heterocycles. The predicted octanol–water partition coefficient (Wildman–Crippen LogP) is 16.1. The molecule has 0 spiro atoms. The number of para-hydroxylation sites is 1. The quantitative estimate of drug-likeness (QED) is 0.114. The lowest BCUT2D eigenvalue weighted by atomic mass is 9.82. The molecule has 2 heteroatoms. The van der Waals surface area contributed by atoms with Crippen molar-refractivity contribution < 1.29 is 0 Å². The average molecular weight is 723 g/mol. The Hall–Kier alpha value is -5.34. The predicted molar refractivity (Wildman–Crippen MR) is 241 cm³/mol. The highest BCUT2D eigenvalue weighted by molar-refractivity contribution is 6.23. The number of rotatable bonds is 8. The Morgan fingerprint density at radius 2 is 0.727 bits per heavy atom. The Kier molecular flexibility index (Phi) is 10.2. The van der Waals surface area contributed by atoms with E-state index in [0.29, 0.717) is 11.8 Å². The average Bonchev–Trinajstić information content (AvgIpc) is 3.16. The summed E-state index contributed by atoms with van der Waals surface area (Å²) in [6, 6.07) is 52.8. The van der Waals surface area contributed by atoms with Gasteiger partial charge >= 0.3 is 0 Å². The molecule has 280 valence electrons. The number of nitrogens with zero attached hydrogens (tertiary/aromatic N) is 2. The maximum absolute atomic E-state index is 2.51. The molecule has 0 fully saturated rings. The Morgan fingerprint density at radius 1 is 0.382 bits per heavy atom. The lowest BCUT2D eigenvalue weighted by molar-refractivity contribution is 0.590. The molecule has 0 saturated carbocycles. The number of benzene rings is 7. The van der Waals surface area contributed by atoms with Crippen molar-refractivity contribution in [2.24, 2.45) is 0 Å². The molecule has 0 aliphatic rings. The molecular formula is C53H58N2. The first kappa shape index (κ1) is 38.0. The molecule has 0 unspecified atom stereocenters. The van der Waals surface area contributed by atoms with Gasteiger partial charge in [0.1, 0.15) is 0 Å². The molecule has 2 nitrogen and oxygen atoms in total. The fourth-order valence-corrected chi connectivity index (χ4v) is 7.70. The standard InChI is InChI=1S/C53H58N2/c1-35(2)38-19-27-44(28-20-38)54(42-15-13-12-14-16-42)50-46-31-23-41(53(9,10)11)34-49(46)51(47-32-24-40(33-48(47)50)52(6,7)8)55(43-25-17-37(5)18-26-43)45-29-21-39(22-30-45)36(3)4/h12-36H,1-11H3. The molecular weight excluding hydrogens is 665 g/mol. The summed E-state index contributed by atoms with van der Waals surface area (Å²) in [5, 5.41) is 4.89. The van der Waals surface area contributed by atoms with E-state index < -0.39 is 0 Å². The van der Waals surface area contributed by atoms with Gasteiger partial charge in [0.2, 0.25) is 0 Å². The molecule has 0 aliphatic carbocycles. The summed E-state index contributed by atoms with van der Waals surface area (Å²) in [5.74, 6) is 0.902. The van der Waals surface area contributed by atoms with E-state index in [1.165, 1.54) is 60.7 Å². The van der Waals surface area contributed by atoms with Crippen LogP contribution in [0.4, 0.5) is 34.1 Å². The van der Waals surface area contributed by atoms with Gasteiger partial charge in [0, 0.05) is 44.3 Å². The lowest BCUT2D eigenvalue weighted by Gasteiger charge is -2.34. The number of fused-ring (bicyclic) bond motifs is 2. The number of hydrogen-bond acceptors (Lipinski definition) is 2. The highest BCUT2D eigenvalue weighted by Gasteiger charge is 2.28. The first-order valence-electron chi connectivity index (χ1n) is 20.1. The van der Waals surface area contributed by atoms with Crippen LogP contribution in [0.3, 0.4) is 0 Å². The van der Waals surface area contributed by atoms with E-state index in [1.54, 1.807) is 0 Å². The minimum absolute atomic E-state index is 0.0452. The van der Waals surface area contributed by atoms with E-state index in [0.717, 1.165) is 22.7 Å². The Morgan fingerprint density at radius 3 is 1.07 bits per heavy atom. The van der Waals surface area contributed by atoms with Crippen LogP contribution in [0, 0.1) is 6.92 Å². The second kappa shape index (κ2) is 14.7. The van der Waals surface area contributed by atoms with Crippen molar-refractivity contribution in [2.45, 2.75) is 98.8 Å². The Bertz CT molecular complexity index is 2420. The smallest absolute Gasteiger partial charge is 0.0620 e. The number of aryl methyl sites for hydroxylation is 1. The van der Waals surface area contributed by atoms with Crippen molar-refractivity contribution in [3.05, 3.63) is 167 Å². The third-order valence-corrected chi connectivity index (χ3v) is 11.2. The molecule has 0 aromatic heterocycles. The van der Waals surface area contributed by atoms with Crippen LogP contribution in [0.15, 0.2) is 140 Å². The van der Waals surface area contributed by atoms with Gasteiger partial charge in [-0.25, -0.2) is 0 Å². The van der Waals surface area contributed by atoms with Gasteiger partial charge in [0.25, 0.3) is 0 Å². The molecule has 55 heavy (non-hydrogen) atoms. The van der Waals surface area contributed by atoms with Crippen LogP contribution in [0.25, 0.3) is 21.5 Å². The van der Waals surface area contributed by atoms with Crippen LogP contribution in [-0.2, 0) is 10.8 Å². The minimum Gasteiger partial charge on any atom is -0.309 e. The highest BCUT2D eigenvalue weighted by atomic mass is 15.2. The molecule has 0 heterocycles. The van der Waals surface area contributed by atoms with E-state index >= 15 is 0 Å². The third kappa shape index (κ3) is 7.52. The maximum Gasteiger partial charge on any atom is 0.0620 e. The van der Waals surface area contributed by atoms with E-state index in [4.69, 9.17) is 0 Å². The van der Waals surface area contributed by atoms with Crippen LogP contribution in [0.1, 0.15) is 109 Å². The van der Waals surface area contributed by atoms with Gasteiger partial charge in [0.05, 0.1) is 11.4 Å². The van der Waals surface area contributed by atoms with Crippen molar-refractivity contribution in [1.29, 1.82) is 0 Å². The van der Waals surface area contributed by atoms with Crippen molar-refractivity contribution in [2.75, 3.05) is 9.80 Å². The van der Waals surface area contributed by atoms with Gasteiger partial charge < -0.3 is 9.80 Å². The summed E-state index contributed by atoms with van der Waals surface area (Å²) in [7, 11) is 0. The van der Waals surface area contributed by atoms with E-state index in [-0.39, 0.29) is 10.8 Å². The van der Waals surface area contributed by atoms with Crippen molar-refractivity contribution in [3.63, 3.8) is 0 Å². The van der Waals surface area contributed by atoms with Crippen LogP contribution in [0.5, 0.6) is 0 Å². The van der Waals surface area contributed by atoms with E-state index in [9.17, 15) is 0 Å². The zero-order valence-corrected chi connectivity index (χ0v) is 34.8. The maximum atomic E-state index is 2.51. The normalized spacial score (nSPS) is 12.2. The first-order valence-corrected chi connectivity index (χ1v) is 20.1. The summed E-state index contributed by atoms with van der Waals surface area (Å²) in [5.41, 5.74) is 13.4. The van der Waals surface area contributed by atoms with Gasteiger partial charge in [-0.1, -0.05) is 154 Å². The second-order valence-corrected chi connectivity index (χ2v) is 18.1. The highest BCUT2D eigenvalue weighted by Crippen LogP contribution is 2.52. The topological polar surface area (TPSA) is 6.48 Å². The number of anilines is 6. The van der Waals surface area contributed by atoms with Gasteiger partial charge in [-0.05, 0) is 113 Å².